The van der Waals surface area contributed by atoms with Gasteiger partial charge in [-0.25, -0.2) is 0 Å². The van der Waals surface area contributed by atoms with Crippen LogP contribution in [0, 0.1) is 16.7 Å². The molecule has 0 spiro atoms. The molecule has 1 heteroatoms. The summed E-state index contributed by atoms with van der Waals surface area (Å²) in [4.78, 5) is 0. The van der Waals surface area contributed by atoms with Crippen LogP contribution in [0.5, 0.6) is 0 Å². The van der Waals surface area contributed by atoms with Crippen LogP contribution in [0.4, 0.5) is 0 Å². The molecule has 0 radical (unpaired) electrons. The molecule has 0 amide bonds. The van der Waals surface area contributed by atoms with Crippen molar-refractivity contribution in [1.29, 1.82) is 0 Å². The maximum atomic E-state index is 5.98. The van der Waals surface area contributed by atoms with Gasteiger partial charge in [0.15, 0.2) is 0 Å². The zero-order valence-electron chi connectivity index (χ0n) is 12.7. The van der Waals surface area contributed by atoms with Crippen LogP contribution in [0.15, 0.2) is 0 Å². The van der Waals surface area contributed by atoms with Crippen LogP contribution >= 0.6 is 0 Å². The van der Waals surface area contributed by atoms with Crippen molar-refractivity contribution in [1.82, 2.24) is 0 Å². The summed E-state index contributed by atoms with van der Waals surface area (Å²) in [5.74, 6) is 0.737. The molecule has 16 heavy (non-hydrogen) atoms. The average molecular weight is 228 g/mol. The summed E-state index contributed by atoms with van der Waals surface area (Å²) in [6, 6.07) is 0. The second kappa shape index (κ2) is 6.05. The fourth-order valence-electron chi connectivity index (χ4n) is 2.12. The van der Waals surface area contributed by atoms with E-state index in [-0.39, 0.29) is 0 Å². The molecule has 0 aromatic rings. The third kappa shape index (κ3) is 4.86. The van der Waals surface area contributed by atoms with Gasteiger partial charge in [0.2, 0.25) is 0 Å². The Hall–Kier alpha value is -0.0400. The van der Waals surface area contributed by atoms with Gasteiger partial charge >= 0.3 is 0 Å². The smallest absolute Gasteiger partial charge is 0.0623 e. The van der Waals surface area contributed by atoms with Gasteiger partial charge in [-0.15, -0.1) is 0 Å². The van der Waals surface area contributed by atoms with Gasteiger partial charge in [-0.1, -0.05) is 55.4 Å². The van der Waals surface area contributed by atoms with Gasteiger partial charge in [-0.2, -0.15) is 0 Å². The first-order valence-electron chi connectivity index (χ1n) is 6.83. The van der Waals surface area contributed by atoms with Crippen molar-refractivity contribution in [2.75, 3.05) is 6.61 Å². The molecule has 0 aliphatic carbocycles. The largest absolute Gasteiger partial charge is 0.377 e. The average Bonchev–Trinajstić information content (AvgIpc) is 2.18. The van der Waals surface area contributed by atoms with E-state index < -0.39 is 0 Å². The van der Waals surface area contributed by atoms with E-state index in [4.69, 9.17) is 4.74 Å². The molecule has 2 atom stereocenters. The Balaban J connectivity index is 0.00000106. The van der Waals surface area contributed by atoms with Crippen molar-refractivity contribution in [3.05, 3.63) is 0 Å². The molecule has 1 heterocycles. The molecule has 1 aliphatic heterocycles. The molecular formula is C15H32O. The van der Waals surface area contributed by atoms with Gasteiger partial charge in [0.1, 0.15) is 0 Å². The molecule has 1 rings (SSSR count). The monoisotopic (exact) mass is 228 g/mol. The molecule has 98 valence electrons. The van der Waals surface area contributed by atoms with E-state index in [1.165, 1.54) is 12.8 Å². The predicted molar refractivity (Wildman–Crippen MR) is 72.7 cm³/mol. The van der Waals surface area contributed by atoms with Crippen LogP contribution in [0.3, 0.4) is 0 Å². The molecule has 0 saturated carbocycles. The highest BCUT2D eigenvalue weighted by molar-refractivity contribution is 4.83. The minimum Gasteiger partial charge on any atom is -0.377 e. The van der Waals surface area contributed by atoms with E-state index in [1.807, 2.05) is 13.8 Å². The van der Waals surface area contributed by atoms with Crippen molar-refractivity contribution in [2.45, 2.75) is 74.3 Å². The summed E-state index contributed by atoms with van der Waals surface area (Å²) in [7, 11) is 0. The molecule has 0 bridgehead atoms. The second-order valence-corrected chi connectivity index (χ2v) is 6.83. The van der Waals surface area contributed by atoms with E-state index in [0.717, 1.165) is 12.5 Å². The first-order chi connectivity index (χ1) is 7.21. The Kier molecular flexibility index (Phi) is 6.03. The van der Waals surface area contributed by atoms with E-state index in [9.17, 15) is 0 Å². The van der Waals surface area contributed by atoms with Crippen LogP contribution < -0.4 is 0 Å². The Morgan fingerprint density at radius 2 is 1.31 bits per heavy atom. The highest BCUT2D eigenvalue weighted by Crippen LogP contribution is 2.38. The highest BCUT2D eigenvalue weighted by Gasteiger charge is 2.34. The molecule has 0 aromatic carbocycles. The third-order valence-electron chi connectivity index (χ3n) is 3.47. The van der Waals surface area contributed by atoms with E-state index in [1.54, 1.807) is 0 Å². The van der Waals surface area contributed by atoms with Crippen LogP contribution in [0.1, 0.15) is 68.2 Å². The van der Waals surface area contributed by atoms with Crippen LogP contribution in [-0.4, -0.2) is 12.7 Å². The van der Waals surface area contributed by atoms with Gasteiger partial charge < -0.3 is 4.74 Å². The maximum absolute atomic E-state index is 5.98. The Morgan fingerprint density at radius 3 is 1.56 bits per heavy atom. The first-order valence-corrected chi connectivity index (χ1v) is 6.83. The Bertz CT molecular complexity index is 153. The van der Waals surface area contributed by atoms with Gasteiger partial charge in [0.05, 0.1) is 12.7 Å². The molecule has 1 saturated heterocycles. The second-order valence-electron chi connectivity index (χ2n) is 6.83. The van der Waals surface area contributed by atoms with Gasteiger partial charge in [0, 0.05) is 0 Å². The number of hydrogen-bond acceptors (Lipinski definition) is 1. The lowest BCUT2D eigenvalue weighted by Crippen LogP contribution is -2.39. The summed E-state index contributed by atoms with van der Waals surface area (Å²) in [6.45, 7) is 18.7. The van der Waals surface area contributed by atoms with Crippen LogP contribution in [0.25, 0.3) is 0 Å². The molecule has 0 N–H and O–H groups in total. The van der Waals surface area contributed by atoms with E-state index in [0.29, 0.717) is 16.9 Å². The van der Waals surface area contributed by atoms with Crippen molar-refractivity contribution in [2.24, 2.45) is 16.7 Å². The van der Waals surface area contributed by atoms with Gasteiger partial charge in [0.25, 0.3) is 0 Å². The molecular weight excluding hydrogens is 196 g/mol. The van der Waals surface area contributed by atoms with E-state index >= 15 is 0 Å². The number of rotatable bonds is 0. The van der Waals surface area contributed by atoms with Crippen molar-refractivity contribution in [3.8, 4) is 0 Å². The standard InChI is InChI=1S/C13H26O.C2H6/c1-12(2,3)10-7-8-11(14-9-10)13(4,5)6;1-2/h10-11H,7-9H2,1-6H3;1-2H3. The van der Waals surface area contributed by atoms with Crippen molar-refractivity contribution < 1.29 is 4.74 Å². The minimum atomic E-state index is 0.308. The van der Waals surface area contributed by atoms with Crippen molar-refractivity contribution >= 4 is 0 Å². The van der Waals surface area contributed by atoms with E-state index in [2.05, 4.69) is 41.5 Å². The maximum Gasteiger partial charge on any atom is 0.0623 e. The molecule has 0 aromatic heterocycles. The predicted octanol–water partition coefficient (Wildman–Crippen LogP) is 4.90. The highest BCUT2D eigenvalue weighted by atomic mass is 16.5. The third-order valence-corrected chi connectivity index (χ3v) is 3.47. The lowest BCUT2D eigenvalue weighted by Gasteiger charge is -2.41. The normalized spacial score (nSPS) is 27.0. The lowest BCUT2D eigenvalue weighted by atomic mass is 9.74. The summed E-state index contributed by atoms with van der Waals surface area (Å²) in [5, 5.41) is 0. The number of hydrogen-bond donors (Lipinski definition) is 0. The number of ether oxygens (including phenoxy) is 1. The fourth-order valence-corrected chi connectivity index (χ4v) is 2.12. The fraction of sp³-hybridized carbons (Fsp3) is 1.00. The van der Waals surface area contributed by atoms with Crippen LogP contribution in [0.2, 0.25) is 0 Å². The Labute approximate surface area is 103 Å². The van der Waals surface area contributed by atoms with Gasteiger partial charge in [-0.3, -0.25) is 0 Å². The minimum absolute atomic E-state index is 0.308. The van der Waals surface area contributed by atoms with Crippen LogP contribution in [-0.2, 0) is 4.74 Å². The summed E-state index contributed by atoms with van der Waals surface area (Å²) in [6.07, 6.45) is 3.01. The summed E-state index contributed by atoms with van der Waals surface area (Å²) < 4.78 is 5.98. The zero-order valence-corrected chi connectivity index (χ0v) is 12.7. The molecule has 2 unspecified atom stereocenters. The SMILES string of the molecule is CC.CC(C)(C)C1CCC(C(C)(C)C)OC1. The zero-order chi connectivity index (χ0) is 13.0. The van der Waals surface area contributed by atoms with Crippen molar-refractivity contribution in [3.63, 3.8) is 0 Å². The van der Waals surface area contributed by atoms with Gasteiger partial charge in [-0.05, 0) is 29.6 Å². The molecule has 1 fully saturated rings. The summed E-state index contributed by atoms with van der Waals surface area (Å²) >= 11 is 0. The molecule has 1 aliphatic rings. The molecule has 1 nitrogen and oxygen atoms in total. The first kappa shape index (κ1) is 16.0. The Morgan fingerprint density at radius 1 is 0.812 bits per heavy atom. The summed E-state index contributed by atoms with van der Waals surface area (Å²) in [5.41, 5.74) is 0.714. The topological polar surface area (TPSA) is 9.23 Å². The lowest BCUT2D eigenvalue weighted by molar-refractivity contribution is -0.0908. The quantitative estimate of drug-likeness (QED) is 0.573.